The molecule has 6 nitrogen and oxygen atoms in total. The van der Waals surface area contributed by atoms with Crippen LogP contribution in [0.25, 0.3) is 0 Å². The number of benzene rings is 2. The number of carboxylic acid groups (broad SMARTS) is 1. The fourth-order valence-electron chi connectivity index (χ4n) is 2.92. The van der Waals surface area contributed by atoms with Crippen LogP contribution in [0.5, 0.6) is 11.5 Å². The molecule has 0 unspecified atom stereocenters. The van der Waals surface area contributed by atoms with Crippen LogP contribution in [0.3, 0.4) is 0 Å². The lowest BCUT2D eigenvalue weighted by molar-refractivity contribution is 0.0692. The molecule has 2 aromatic rings. The van der Waals surface area contributed by atoms with E-state index in [4.69, 9.17) is 4.74 Å². The first-order valence-corrected chi connectivity index (χ1v) is 6.74. The Labute approximate surface area is 130 Å². The minimum absolute atomic E-state index is 0.0119. The largest absolute Gasteiger partial charge is 0.507 e. The van der Waals surface area contributed by atoms with E-state index in [1.807, 2.05) is 0 Å². The Bertz CT molecular complexity index is 894. The van der Waals surface area contributed by atoms with Gasteiger partial charge in [0.05, 0.1) is 12.7 Å². The van der Waals surface area contributed by atoms with Crippen molar-refractivity contribution >= 4 is 17.5 Å². The molecule has 0 saturated carbocycles. The van der Waals surface area contributed by atoms with E-state index < -0.39 is 17.5 Å². The Morgan fingerprint density at radius 3 is 2.39 bits per heavy atom. The van der Waals surface area contributed by atoms with Gasteiger partial charge in [0.15, 0.2) is 11.6 Å². The molecule has 23 heavy (non-hydrogen) atoms. The summed E-state index contributed by atoms with van der Waals surface area (Å²) in [5.74, 6) is -2.58. The molecule has 0 atom stereocenters. The van der Waals surface area contributed by atoms with Crippen molar-refractivity contribution in [3.63, 3.8) is 0 Å². The normalized spacial score (nSPS) is 12.6. The molecule has 0 spiro atoms. The second-order valence-corrected chi connectivity index (χ2v) is 5.16. The van der Waals surface area contributed by atoms with Crippen LogP contribution in [-0.4, -0.2) is 34.9 Å². The van der Waals surface area contributed by atoms with Crippen molar-refractivity contribution in [2.45, 2.75) is 6.92 Å². The average molecular weight is 312 g/mol. The third-order valence-corrected chi connectivity index (χ3v) is 3.96. The van der Waals surface area contributed by atoms with E-state index in [1.165, 1.54) is 38.3 Å². The van der Waals surface area contributed by atoms with Crippen LogP contribution in [0.15, 0.2) is 24.3 Å². The zero-order chi connectivity index (χ0) is 16.9. The van der Waals surface area contributed by atoms with Crippen LogP contribution in [0.2, 0.25) is 0 Å². The molecular weight excluding hydrogens is 300 g/mol. The van der Waals surface area contributed by atoms with E-state index in [9.17, 15) is 24.6 Å². The molecular formula is C17H12O6. The van der Waals surface area contributed by atoms with Crippen molar-refractivity contribution in [3.05, 3.63) is 57.6 Å². The third-order valence-electron chi connectivity index (χ3n) is 3.96. The summed E-state index contributed by atoms with van der Waals surface area (Å²) >= 11 is 0. The SMILES string of the molecule is COc1cc2c(c(C)c1C(=O)O)C(=O)c1c(O)cccc1C2=O. The number of carbonyl (C=O) groups excluding carboxylic acids is 2. The minimum Gasteiger partial charge on any atom is -0.507 e. The van der Waals surface area contributed by atoms with Crippen molar-refractivity contribution in [2.24, 2.45) is 0 Å². The fraction of sp³-hybridized carbons (Fsp3) is 0.118. The molecule has 0 fully saturated rings. The number of aromatic carboxylic acids is 1. The maximum absolute atomic E-state index is 12.7. The van der Waals surface area contributed by atoms with Gasteiger partial charge in [0.2, 0.25) is 0 Å². The van der Waals surface area contributed by atoms with Gasteiger partial charge in [-0.1, -0.05) is 12.1 Å². The van der Waals surface area contributed by atoms with Gasteiger partial charge in [-0.05, 0) is 24.6 Å². The molecule has 0 saturated heterocycles. The molecule has 0 aromatic heterocycles. The number of hydrogen-bond donors (Lipinski definition) is 2. The summed E-state index contributed by atoms with van der Waals surface area (Å²) in [4.78, 5) is 36.8. The van der Waals surface area contributed by atoms with Gasteiger partial charge >= 0.3 is 5.97 Å². The highest BCUT2D eigenvalue weighted by atomic mass is 16.5. The van der Waals surface area contributed by atoms with E-state index in [0.29, 0.717) is 0 Å². The maximum Gasteiger partial charge on any atom is 0.339 e. The lowest BCUT2D eigenvalue weighted by Crippen LogP contribution is -2.24. The maximum atomic E-state index is 12.7. The Balaban J connectivity index is 2.41. The van der Waals surface area contributed by atoms with Crippen LogP contribution in [0.1, 0.15) is 47.8 Å². The van der Waals surface area contributed by atoms with Gasteiger partial charge in [-0.25, -0.2) is 4.79 Å². The highest BCUT2D eigenvalue weighted by Gasteiger charge is 2.36. The number of fused-ring (bicyclic) bond motifs is 2. The van der Waals surface area contributed by atoms with E-state index in [-0.39, 0.29) is 44.9 Å². The summed E-state index contributed by atoms with van der Waals surface area (Å²) in [6.45, 7) is 1.45. The molecule has 116 valence electrons. The zero-order valence-corrected chi connectivity index (χ0v) is 12.3. The van der Waals surface area contributed by atoms with E-state index in [2.05, 4.69) is 0 Å². The molecule has 3 rings (SSSR count). The zero-order valence-electron chi connectivity index (χ0n) is 12.3. The molecule has 0 aliphatic heterocycles. The van der Waals surface area contributed by atoms with Gasteiger partial charge < -0.3 is 14.9 Å². The Hall–Kier alpha value is -3.15. The van der Waals surface area contributed by atoms with Gasteiger partial charge in [-0.3, -0.25) is 9.59 Å². The molecule has 2 aromatic carbocycles. The molecule has 1 aliphatic carbocycles. The second-order valence-electron chi connectivity index (χ2n) is 5.16. The van der Waals surface area contributed by atoms with Crippen LogP contribution in [-0.2, 0) is 0 Å². The Kier molecular flexibility index (Phi) is 3.18. The summed E-state index contributed by atoms with van der Waals surface area (Å²) in [5, 5.41) is 19.3. The number of carbonyl (C=O) groups is 3. The molecule has 0 radical (unpaired) electrons. The summed E-state index contributed by atoms with van der Waals surface area (Å²) in [5.41, 5.74) is 0.0154. The predicted molar refractivity (Wildman–Crippen MR) is 79.7 cm³/mol. The number of methoxy groups -OCH3 is 1. The lowest BCUT2D eigenvalue weighted by Gasteiger charge is -2.22. The van der Waals surface area contributed by atoms with Crippen LogP contribution in [0.4, 0.5) is 0 Å². The Morgan fingerprint density at radius 2 is 1.78 bits per heavy atom. The summed E-state index contributed by atoms with van der Waals surface area (Å²) in [7, 11) is 1.29. The van der Waals surface area contributed by atoms with E-state index >= 15 is 0 Å². The standard InChI is InChI=1S/C17H12O6/c1-7-12-9(6-11(23-2)13(7)17(21)22)15(19)8-4-3-5-10(18)14(8)16(12)20/h3-6,18H,1-2H3,(H,21,22). The highest BCUT2D eigenvalue weighted by Crippen LogP contribution is 2.38. The van der Waals surface area contributed by atoms with Crippen molar-refractivity contribution in [1.29, 1.82) is 0 Å². The van der Waals surface area contributed by atoms with Gasteiger partial charge in [0, 0.05) is 16.7 Å². The van der Waals surface area contributed by atoms with Gasteiger partial charge in [-0.15, -0.1) is 0 Å². The minimum atomic E-state index is -1.26. The molecule has 0 bridgehead atoms. The van der Waals surface area contributed by atoms with E-state index in [0.717, 1.165) is 0 Å². The summed E-state index contributed by atoms with van der Waals surface area (Å²) < 4.78 is 5.06. The van der Waals surface area contributed by atoms with Crippen molar-refractivity contribution < 1.29 is 29.3 Å². The Morgan fingerprint density at radius 1 is 1.09 bits per heavy atom. The fourth-order valence-corrected chi connectivity index (χ4v) is 2.92. The van der Waals surface area contributed by atoms with Gasteiger partial charge in [0.25, 0.3) is 0 Å². The number of phenolic OH excluding ortho intramolecular Hbond substituents is 1. The number of rotatable bonds is 2. The number of ketones is 2. The number of ether oxygens (including phenoxy) is 1. The summed E-state index contributed by atoms with van der Waals surface area (Å²) in [6, 6.07) is 5.50. The van der Waals surface area contributed by atoms with Gasteiger partial charge in [0.1, 0.15) is 17.1 Å². The summed E-state index contributed by atoms with van der Waals surface area (Å²) in [6.07, 6.45) is 0. The molecule has 0 amide bonds. The van der Waals surface area contributed by atoms with Crippen LogP contribution < -0.4 is 4.74 Å². The van der Waals surface area contributed by atoms with Gasteiger partial charge in [-0.2, -0.15) is 0 Å². The first-order valence-electron chi connectivity index (χ1n) is 6.74. The smallest absolute Gasteiger partial charge is 0.339 e. The second kappa shape index (κ2) is 4.95. The number of hydrogen-bond acceptors (Lipinski definition) is 5. The third kappa shape index (κ3) is 1.92. The first-order chi connectivity index (χ1) is 10.9. The van der Waals surface area contributed by atoms with Crippen LogP contribution >= 0.6 is 0 Å². The quantitative estimate of drug-likeness (QED) is 0.752. The van der Waals surface area contributed by atoms with E-state index in [1.54, 1.807) is 0 Å². The number of phenols is 1. The number of carboxylic acids is 1. The number of aromatic hydroxyl groups is 1. The molecule has 6 heteroatoms. The highest BCUT2D eigenvalue weighted by molar-refractivity contribution is 6.30. The average Bonchev–Trinajstić information content (AvgIpc) is 2.50. The molecule has 0 heterocycles. The predicted octanol–water partition coefficient (Wildman–Crippen LogP) is 2.18. The monoisotopic (exact) mass is 312 g/mol. The van der Waals surface area contributed by atoms with Crippen molar-refractivity contribution in [3.8, 4) is 11.5 Å². The molecule has 2 N–H and O–H groups in total. The topological polar surface area (TPSA) is 101 Å². The van der Waals surface area contributed by atoms with Crippen molar-refractivity contribution in [2.75, 3.05) is 7.11 Å². The van der Waals surface area contributed by atoms with Crippen molar-refractivity contribution in [1.82, 2.24) is 0 Å². The van der Waals surface area contributed by atoms with Crippen LogP contribution in [0, 0.1) is 6.92 Å². The lowest BCUT2D eigenvalue weighted by atomic mass is 9.80. The first kappa shape index (κ1) is 14.8. The molecule has 1 aliphatic rings.